The molecule has 3 aromatic rings. The molecule has 14 heteroatoms. The number of sulfonamides is 1. The maximum atomic E-state index is 12.4. The van der Waals surface area contributed by atoms with E-state index in [1.165, 1.54) is 49.2 Å². The lowest BCUT2D eigenvalue weighted by atomic mass is 10.1. The Kier molecular flexibility index (Phi) is 9.77. The Balaban J connectivity index is 1.40. The van der Waals surface area contributed by atoms with Crippen molar-refractivity contribution in [2.45, 2.75) is 25.7 Å². The van der Waals surface area contributed by atoms with Gasteiger partial charge in [0.15, 0.2) is 5.82 Å². The number of carbonyl (C=O) groups excluding carboxylic acids is 1. The molecule has 0 unspecified atom stereocenters. The Morgan fingerprint density at radius 2 is 1.89 bits per heavy atom. The van der Waals surface area contributed by atoms with Gasteiger partial charge in [0.05, 0.1) is 42.3 Å². The normalized spacial score (nSPS) is 14.9. The van der Waals surface area contributed by atoms with E-state index in [-0.39, 0.29) is 16.8 Å². The minimum Gasteiger partial charge on any atom is -0.494 e. The van der Waals surface area contributed by atoms with Gasteiger partial charge >= 0.3 is 0 Å². The third-order valence-corrected chi connectivity index (χ3v) is 8.90. The Morgan fingerprint density at radius 1 is 1.09 bits per heavy atom. The molecular formula is C30H36ClN7O5S. The molecule has 234 valence electrons. The number of halogens is 1. The van der Waals surface area contributed by atoms with Crippen molar-refractivity contribution in [3.05, 3.63) is 59.8 Å². The second kappa shape index (κ2) is 13.7. The summed E-state index contributed by atoms with van der Waals surface area (Å²) in [6.07, 6.45) is 8.03. The smallest absolute Gasteiger partial charge is 0.247 e. The average molecular weight is 642 g/mol. The minimum absolute atomic E-state index is 0.183. The summed E-state index contributed by atoms with van der Waals surface area (Å²) in [5.74, 6) is 0.951. The largest absolute Gasteiger partial charge is 0.494 e. The molecule has 1 saturated heterocycles. The summed E-state index contributed by atoms with van der Waals surface area (Å²) in [4.78, 5) is 23.5. The molecule has 0 saturated carbocycles. The summed E-state index contributed by atoms with van der Waals surface area (Å²) in [5, 5.41) is 9.35. The lowest BCUT2D eigenvalue weighted by Gasteiger charge is -2.26. The van der Waals surface area contributed by atoms with Gasteiger partial charge in [-0.15, -0.1) is 0 Å². The number of ether oxygens (including phenoxy) is 2. The second-order valence-corrected chi connectivity index (χ2v) is 12.8. The van der Waals surface area contributed by atoms with Gasteiger partial charge in [0, 0.05) is 19.2 Å². The van der Waals surface area contributed by atoms with Gasteiger partial charge in [-0.1, -0.05) is 36.7 Å². The average Bonchev–Trinajstić information content (AvgIpc) is 3.46. The number of fused-ring (bicyclic) bond motifs is 1. The van der Waals surface area contributed by atoms with E-state index in [0.29, 0.717) is 53.8 Å². The third-order valence-electron chi connectivity index (χ3n) is 7.46. The van der Waals surface area contributed by atoms with Gasteiger partial charge < -0.3 is 25.4 Å². The molecule has 2 aliphatic heterocycles. The van der Waals surface area contributed by atoms with Crippen LogP contribution in [0.2, 0.25) is 5.02 Å². The molecule has 5 rings (SSSR count). The maximum absolute atomic E-state index is 12.4. The number of hydrogen-bond donors (Lipinski definition) is 3. The molecule has 0 bridgehead atoms. The lowest BCUT2D eigenvalue weighted by molar-refractivity contribution is -0.111. The molecule has 0 aliphatic carbocycles. The van der Waals surface area contributed by atoms with Crippen LogP contribution in [0.25, 0.3) is 0 Å². The van der Waals surface area contributed by atoms with Crippen LogP contribution in [0, 0.1) is 0 Å². The predicted octanol–water partition coefficient (Wildman–Crippen LogP) is 4.94. The molecule has 2 aromatic carbocycles. The fraction of sp³-hybridized carbons (Fsp3) is 0.367. The highest BCUT2D eigenvalue weighted by Gasteiger charge is 2.29. The van der Waals surface area contributed by atoms with Crippen LogP contribution in [-0.4, -0.2) is 75.3 Å². The number of benzene rings is 2. The van der Waals surface area contributed by atoms with Gasteiger partial charge in [-0.05, 0) is 56.1 Å². The number of aromatic nitrogens is 2. The Morgan fingerprint density at radius 3 is 2.61 bits per heavy atom. The molecule has 3 N–H and O–H groups in total. The molecule has 0 radical (unpaired) electrons. The molecular weight excluding hydrogens is 606 g/mol. The van der Waals surface area contributed by atoms with Crippen molar-refractivity contribution in [2.24, 2.45) is 0 Å². The lowest BCUT2D eigenvalue weighted by Crippen LogP contribution is -2.33. The van der Waals surface area contributed by atoms with E-state index in [1.54, 1.807) is 18.2 Å². The van der Waals surface area contributed by atoms with Crippen LogP contribution in [0.5, 0.6) is 11.5 Å². The monoisotopic (exact) mass is 641 g/mol. The van der Waals surface area contributed by atoms with Gasteiger partial charge in [0.25, 0.3) is 0 Å². The van der Waals surface area contributed by atoms with E-state index in [2.05, 4.69) is 37.4 Å². The number of amides is 1. The molecule has 44 heavy (non-hydrogen) atoms. The molecule has 2 aliphatic rings. The number of carbonyl (C=O) groups is 1. The van der Waals surface area contributed by atoms with Crippen molar-refractivity contribution in [3.8, 4) is 11.5 Å². The van der Waals surface area contributed by atoms with Gasteiger partial charge in [0.2, 0.25) is 21.9 Å². The molecule has 3 heterocycles. The molecule has 12 nitrogen and oxygen atoms in total. The van der Waals surface area contributed by atoms with E-state index < -0.39 is 15.9 Å². The van der Waals surface area contributed by atoms with Crippen molar-refractivity contribution in [3.63, 3.8) is 0 Å². The summed E-state index contributed by atoms with van der Waals surface area (Å²) in [5.41, 5.74) is 2.91. The number of nitrogens with one attached hydrogen (secondary N) is 3. The van der Waals surface area contributed by atoms with Crippen molar-refractivity contribution in [1.29, 1.82) is 0 Å². The van der Waals surface area contributed by atoms with Crippen LogP contribution in [0.15, 0.2) is 49.2 Å². The number of piperidine rings is 1. The second-order valence-electron chi connectivity index (χ2n) is 10.5. The van der Waals surface area contributed by atoms with Crippen LogP contribution in [0.3, 0.4) is 0 Å². The van der Waals surface area contributed by atoms with Crippen molar-refractivity contribution >= 4 is 62.0 Å². The Labute approximate surface area is 262 Å². The highest BCUT2D eigenvalue weighted by Crippen LogP contribution is 2.40. The zero-order chi connectivity index (χ0) is 31.3. The number of hydrogen-bond acceptors (Lipinski definition) is 10. The van der Waals surface area contributed by atoms with E-state index in [0.717, 1.165) is 25.2 Å². The SMILES string of the molecule is C=CC(=O)Nc1cc(Nc2ncc(Cl)c(Nc3cccc4c3N(S(C)(=O)=O)CC4)n2)c(OC)cc1OCCN1CCCCC1. The maximum Gasteiger partial charge on any atom is 0.247 e. The number of nitrogens with zero attached hydrogens (tertiary/aromatic N) is 4. The van der Waals surface area contributed by atoms with Crippen molar-refractivity contribution in [2.75, 3.05) is 66.4 Å². The standard InChI is InChI=1S/C30H36ClN7O5S/c1-4-27(39)33-24-17-23(25(42-2)18-26(24)43-16-15-37-12-6-5-7-13-37)35-30-32-19-21(31)29(36-30)34-22-10-8-9-20-11-14-38(28(20)22)44(3,40)41/h4,8-10,17-19H,1,5-7,11-16H2,2-3H3,(H,33,39)(H2,32,34,35,36). The molecule has 1 fully saturated rings. The van der Waals surface area contributed by atoms with Crippen LogP contribution >= 0.6 is 11.6 Å². The van der Waals surface area contributed by atoms with Gasteiger partial charge in [-0.2, -0.15) is 4.98 Å². The fourth-order valence-electron chi connectivity index (χ4n) is 5.31. The number of methoxy groups -OCH3 is 1. The number of likely N-dealkylation sites (tertiary alicyclic amines) is 1. The first-order valence-corrected chi connectivity index (χ1v) is 16.6. The van der Waals surface area contributed by atoms with Crippen molar-refractivity contribution < 1.29 is 22.7 Å². The molecule has 1 amide bonds. The fourth-order valence-corrected chi connectivity index (χ4v) is 6.42. The zero-order valence-corrected chi connectivity index (χ0v) is 26.3. The highest BCUT2D eigenvalue weighted by molar-refractivity contribution is 7.92. The first-order valence-electron chi connectivity index (χ1n) is 14.3. The van der Waals surface area contributed by atoms with Crippen LogP contribution in [0.1, 0.15) is 24.8 Å². The minimum atomic E-state index is -3.48. The van der Waals surface area contributed by atoms with E-state index in [1.807, 2.05) is 12.1 Å². The van der Waals surface area contributed by atoms with Crippen LogP contribution in [-0.2, 0) is 21.2 Å². The Hall–Kier alpha value is -4.07. The molecule has 0 atom stereocenters. The quantitative estimate of drug-likeness (QED) is 0.233. The third kappa shape index (κ3) is 7.34. The topological polar surface area (TPSA) is 138 Å². The molecule has 1 aromatic heterocycles. The first-order chi connectivity index (χ1) is 21.2. The highest BCUT2D eigenvalue weighted by atomic mass is 35.5. The number of anilines is 6. The zero-order valence-electron chi connectivity index (χ0n) is 24.7. The van der Waals surface area contributed by atoms with E-state index in [9.17, 15) is 13.2 Å². The van der Waals surface area contributed by atoms with E-state index in [4.69, 9.17) is 21.1 Å². The van der Waals surface area contributed by atoms with E-state index >= 15 is 0 Å². The van der Waals surface area contributed by atoms with Gasteiger partial charge in [-0.3, -0.25) is 14.0 Å². The summed E-state index contributed by atoms with van der Waals surface area (Å²) in [7, 11) is -1.95. The predicted molar refractivity (Wildman–Crippen MR) is 174 cm³/mol. The van der Waals surface area contributed by atoms with Gasteiger partial charge in [-0.25, -0.2) is 13.4 Å². The van der Waals surface area contributed by atoms with Gasteiger partial charge in [0.1, 0.15) is 23.1 Å². The number of para-hydroxylation sites is 1. The van der Waals surface area contributed by atoms with Crippen LogP contribution in [0.4, 0.5) is 34.5 Å². The van der Waals surface area contributed by atoms with Crippen LogP contribution < -0.4 is 29.7 Å². The Bertz CT molecular complexity index is 1650. The summed E-state index contributed by atoms with van der Waals surface area (Å²) in [6, 6.07) is 8.89. The van der Waals surface area contributed by atoms with Crippen molar-refractivity contribution in [1.82, 2.24) is 14.9 Å². The summed E-state index contributed by atoms with van der Waals surface area (Å²) < 4.78 is 38.0. The first kappa shape index (κ1) is 31.4. The summed E-state index contributed by atoms with van der Waals surface area (Å²) in [6.45, 7) is 7.24. The molecule has 0 spiro atoms. The summed E-state index contributed by atoms with van der Waals surface area (Å²) >= 11 is 6.46. The number of rotatable bonds is 12.